The van der Waals surface area contributed by atoms with Crippen molar-refractivity contribution in [3.05, 3.63) is 48.5 Å². The number of aliphatic hydroxyl groups is 1. The van der Waals surface area contributed by atoms with Crippen molar-refractivity contribution in [3.8, 4) is 0 Å². The zero-order chi connectivity index (χ0) is 15.4. The molecule has 7 nitrogen and oxygen atoms in total. The van der Waals surface area contributed by atoms with Gasteiger partial charge in [-0.15, -0.1) is 0 Å². The lowest BCUT2D eigenvalue weighted by Crippen LogP contribution is -2.41. The molecular formula is C15H17N5O2. The quantitative estimate of drug-likeness (QED) is 0.832. The first-order valence-corrected chi connectivity index (χ1v) is 7.11. The molecule has 1 aliphatic heterocycles. The van der Waals surface area contributed by atoms with Gasteiger partial charge in [0.1, 0.15) is 0 Å². The Morgan fingerprint density at radius 2 is 1.95 bits per heavy atom. The van der Waals surface area contributed by atoms with Gasteiger partial charge >= 0.3 is 0 Å². The lowest BCUT2D eigenvalue weighted by molar-refractivity contribution is 0.0921. The Balaban J connectivity index is 1.69. The number of rotatable bonds is 4. The molecule has 0 saturated carbocycles. The normalized spacial score (nSPS) is 20.9. The number of anilines is 1. The number of aliphatic hydroxyl groups excluding tert-OH is 1. The van der Waals surface area contributed by atoms with Gasteiger partial charge in [-0.25, -0.2) is 9.97 Å². The van der Waals surface area contributed by atoms with Gasteiger partial charge in [-0.2, -0.15) is 0 Å². The average Bonchev–Trinajstić information content (AvgIpc) is 2.99. The van der Waals surface area contributed by atoms with Crippen molar-refractivity contribution in [3.63, 3.8) is 0 Å². The number of hydrogen-bond donors (Lipinski definition) is 2. The molecule has 0 unspecified atom stereocenters. The highest BCUT2D eigenvalue weighted by Crippen LogP contribution is 2.20. The predicted molar refractivity (Wildman–Crippen MR) is 80.3 cm³/mol. The van der Waals surface area contributed by atoms with Crippen LogP contribution in [0.5, 0.6) is 0 Å². The third-order valence-electron chi connectivity index (χ3n) is 3.77. The first-order chi connectivity index (χ1) is 10.8. The number of carbonyl (C=O) groups excluding carboxylic acids is 1. The molecule has 1 fully saturated rings. The van der Waals surface area contributed by atoms with Gasteiger partial charge in [-0.1, -0.05) is 0 Å². The van der Waals surface area contributed by atoms with E-state index in [4.69, 9.17) is 0 Å². The molecule has 2 N–H and O–H groups in total. The lowest BCUT2D eigenvalue weighted by atomic mass is 10.0. The van der Waals surface area contributed by atoms with E-state index >= 15 is 0 Å². The van der Waals surface area contributed by atoms with E-state index < -0.39 is 0 Å². The van der Waals surface area contributed by atoms with E-state index in [1.165, 1.54) is 0 Å². The maximum absolute atomic E-state index is 12.2. The Hall–Kier alpha value is -2.54. The molecule has 2 atom stereocenters. The van der Waals surface area contributed by atoms with Gasteiger partial charge in [0.25, 0.3) is 5.91 Å². The van der Waals surface area contributed by atoms with Gasteiger partial charge < -0.3 is 15.3 Å². The molecular weight excluding hydrogens is 282 g/mol. The number of amides is 1. The van der Waals surface area contributed by atoms with E-state index in [2.05, 4.69) is 20.3 Å². The highest BCUT2D eigenvalue weighted by molar-refractivity contribution is 5.94. The third-order valence-corrected chi connectivity index (χ3v) is 3.77. The molecule has 114 valence electrons. The van der Waals surface area contributed by atoms with Crippen LogP contribution in [0.2, 0.25) is 0 Å². The minimum Gasteiger partial charge on any atom is -0.396 e. The maximum atomic E-state index is 12.2. The van der Waals surface area contributed by atoms with Gasteiger partial charge in [0, 0.05) is 56.0 Å². The molecule has 0 bridgehead atoms. The molecule has 2 aromatic heterocycles. The number of nitrogens with one attached hydrogen (secondary N) is 1. The highest BCUT2D eigenvalue weighted by atomic mass is 16.3. The van der Waals surface area contributed by atoms with Crippen molar-refractivity contribution in [2.24, 2.45) is 5.92 Å². The first kappa shape index (κ1) is 14.4. The lowest BCUT2D eigenvalue weighted by Gasteiger charge is -2.17. The van der Waals surface area contributed by atoms with Crippen LogP contribution < -0.4 is 10.2 Å². The van der Waals surface area contributed by atoms with Gasteiger partial charge in [0.2, 0.25) is 5.95 Å². The molecule has 1 aliphatic rings. The fraction of sp³-hybridized carbons (Fsp3) is 0.333. The number of pyridine rings is 1. The minimum absolute atomic E-state index is 0.00459. The zero-order valence-electron chi connectivity index (χ0n) is 12.0. The molecule has 1 saturated heterocycles. The van der Waals surface area contributed by atoms with E-state index in [-0.39, 0.29) is 24.5 Å². The monoisotopic (exact) mass is 299 g/mol. The maximum Gasteiger partial charge on any atom is 0.251 e. The topological polar surface area (TPSA) is 91.2 Å². The van der Waals surface area contributed by atoms with Crippen LogP contribution in [0.4, 0.5) is 5.95 Å². The van der Waals surface area contributed by atoms with Crippen LogP contribution in [-0.2, 0) is 0 Å². The second kappa shape index (κ2) is 6.48. The SMILES string of the molecule is O=C(N[C@@H]1CN(c2ncccn2)C[C@H]1CO)c1ccncc1. The largest absolute Gasteiger partial charge is 0.396 e. The second-order valence-corrected chi connectivity index (χ2v) is 5.21. The Labute approximate surface area is 128 Å². The Kier molecular flexibility index (Phi) is 4.24. The number of nitrogens with zero attached hydrogens (tertiary/aromatic N) is 4. The fourth-order valence-corrected chi connectivity index (χ4v) is 2.59. The average molecular weight is 299 g/mol. The van der Waals surface area contributed by atoms with Crippen molar-refractivity contribution in [2.45, 2.75) is 6.04 Å². The molecule has 7 heteroatoms. The Morgan fingerprint density at radius 1 is 1.23 bits per heavy atom. The second-order valence-electron chi connectivity index (χ2n) is 5.21. The summed E-state index contributed by atoms with van der Waals surface area (Å²) in [4.78, 5) is 26.5. The number of aromatic nitrogens is 3. The van der Waals surface area contributed by atoms with Crippen molar-refractivity contribution in [1.29, 1.82) is 0 Å². The summed E-state index contributed by atoms with van der Waals surface area (Å²) in [7, 11) is 0. The van der Waals surface area contributed by atoms with Gasteiger partial charge in [-0.05, 0) is 18.2 Å². The van der Waals surface area contributed by atoms with Crippen LogP contribution in [0.3, 0.4) is 0 Å². The number of hydrogen-bond acceptors (Lipinski definition) is 6. The predicted octanol–water partition coefficient (Wildman–Crippen LogP) is 0.0987. The van der Waals surface area contributed by atoms with Gasteiger partial charge in [0.05, 0.1) is 6.04 Å². The molecule has 3 heterocycles. The van der Waals surface area contributed by atoms with Crippen LogP contribution in [0, 0.1) is 5.92 Å². The van der Waals surface area contributed by atoms with Crippen molar-refractivity contribution < 1.29 is 9.90 Å². The smallest absolute Gasteiger partial charge is 0.251 e. The third kappa shape index (κ3) is 3.04. The van der Waals surface area contributed by atoms with Gasteiger partial charge in [0.15, 0.2) is 0 Å². The summed E-state index contributed by atoms with van der Waals surface area (Å²) < 4.78 is 0. The van der Waals surface area contributed by atoms with Crippen molar-refractivity contribution >= 4 is 11.9 Å². The summed E-state index contributed by atoms with van der Waals surface area (Å²) in [5.74, 6) is 0.401. The molecule has 3 rings (SSSR count). The Bertz CT molecular complexity index is 622. The van der Waals surface area contributed by atoms with E-state index in [1.54, 1.807) is 43.0 Å². The molecule has 0 spiro atoms. The zero-order valence-corrected chi connectivity index (χ0v) is 12.0. The first-order valence-electron chi connectivity index (χ1n) is 7.11. The highest BCUT2D eigenvalue weighted by Gasteiger charge is 2.34. The van der Waals surface area contributed by atoms with Crippen LogP contribution in [0.25, 0.3) is 0 Å². The molecule has 0 radical (unpaired) electrons. The van der Waals surface area contributed by atoms with Crippen LogP contribution >= 0.6 is 0 Å². The van der Waals surface area contributed by atoms with Crippen molar-refractivity contribution in [2.75, 3.05) is 24.6 Å². The summed E-state index contributed by atoms with van der Waals surface area (Å²) in [6.45, 7) is 1.19. The van der Waals surface area contributed by atoms with Crippen molar-refractivity contribution in [1.82, 2.24) is 20.3 Å². The standard InChI is InChI=1S/C15H17N5O2/c21-10-12-8-20(15-17-4-1-5-18-15)9-13(12)19-14(22)11-2-6-16-7-3-11/h1-7,12-13,21H,8-10H2,(H,19,22)/t12-,13+/m0/s1. The molecule has 0 aliphatic carbocycles. The molecule has 1 amide bonds. The molecule has 2 aromatic rings. The summed E-state index contributed by atoms with van der Waals surface area (Å²) in [6.07, 6.45) is 6.52. The summed E-state index contributed by atoms with van der Waals surface area (Å²) in [5, 5.41) is 12.5. The van der Waals surface area contributed by atoms with Gasteiger partial charge in [-0.3, -0.25) is 9.78 Å². The summed E-state index contributed by atoms with van der Waals surface area (Å²) >= 11 is 0. The summed E-state index contributed by atoms with van der Waals surface area (Å²) in [5.41, 5.74) is 0.557. The van der Waals surface area contributed by atoms with E-state index in [9.17, 15) is 9.90 Å². The van der Waals surface area contributed by atoms with E-state index in [0.29, 0.717) is 24.6 Å². The molecule has 22 heavy (non-hydrogen) atoms. The van der Waals surface area contributed by atoms with E-state index in [1.807, 2.05) is 4.90 Å². The minimum atomic E-state index is -0.165. The summed E-state index contributed by atoms with van der Waals surface area (Å²) in [6, 6.07) is 4.94. The Morgan fingerprint density at radius 3 is 2.64 bits per heavy atom. The van der Waals surface area contributed by atoms with Crippen LogP contribution in [0.15, 0.2) is 43.0 Å². The fourth-order valence-electron chi connectivity index (χ4n) is 2.59. The van der Waals surface area contributed by atoms with Crippen LogP contribution in [-0.4, -0.2) is 51.7 Å². The van der Waals surface area contributed by atoms with E-state index in [0.717, 1.165) is 0 Å². The van der Waals surface area contributed by atoms with Crippen LogP contribution in [0.1, 0.15) is 10.4 Å². The molecule has 0 aromatic carbocycles. The number of carbonyl (C=O) groups is 1.